The number of hydrogen-bond acceptors (Lipinski definition) is 4. The molecule has 1 heterocycles. The summed E-state index contributed by atoms with van der Waals surface area (Å²) in [7, 11) is 0. The van der Waals surface area contributed by atoms with Gasteiger partial charge >= 0.3 is 5.97 Å². The Morgan fingerprint density at radius 1 is 1.28 bits per heavy atom. The van der Waals surface area contributed by atoms with Gasteiger partial charge in [-0.3, -0.25) is 4.79 Å². The summed E-state index contributed by atoms with van der Waals surface area (Å²) >= 11 is 0. The highest BCUT2D eigenvalue weighted by Crippen LogP contribution is 2.33. The Morgan fingerprint density at radius 2 is 2.04 bits per heavy atom. The van der Waals surface area contributed by atoms with E-state index >= 15 is 0 Å². The molecule has 6 heteroatoms. The lowest BCUT2D eigenvalue weighted by Gasteiger charge is -2.16. The highest BCUT2D eigenvalue weighted by atomic mass is 19.1. The minimum Gasteiger partial charge on any atom is -0.489 e. The van der Waals surface area contributed by atoms with Crippen LogP contribution in [0.15, 0.2) is 42.5 Å². The van der Waals surface area contributed by atoms with E-state index < -0.39 is 23.8 Å². The molecule has 0 saturated heterocycles. The van der Waals surface area contributed by atoms with Crippen LogP contribution in [0.2, 0.25) is 0 Å². The number of amides is 1. The lowest BCUT2D eigenvalue weighted by molar-refractivity contribution is -0.118. The monoisotopic (exact) mass is 343 g/mol. The zero-order chi connectivity index (χ0) is 18.0. The standard InChI is InChI=1S/C19H18FNO4/c1-11(2)24-16-8-7-12(20)9-15(16)21-18(22)10-17-13-5-3-4-6-14(13)19(23)25-17/h3-9,11,17H,10H2,1-2H3,(H,21,22). The first-order chi connectivity index (χ1) is 11.9. The van der Waals surface area contributed by atoms with E-state index in [1.54, 1.807) is 24.3 Å². The second-order valence-corrected chi connectivity index (χ2v) is 6.04. The van der Waals surface area contributed by atoms with Crippen molar-refractivity contribution in [2.45, 2.75) is 32.5 Å². The molecule has 0 bridgehead atoms. The molecule has 0 saturated carbocycles. The van der Waals surface area contributed by atoms with Gasteiger partial charge in [0, 0.05) is 11.6 Å². The minimum atomic E-state index is -0.647. The molecule has 0 aliphatic carbocycles. The highest BCUT2D eigenvalue weighted by molar-refractivity contribution is 5.96. The third kappa shape index (κ3) is 3.79. The summed E-state index contributed by atoms with van der Waals surface area (Å²) < 4.78 is 24.3. The topological polar surface area (TPSA) is 64.6 Å². The van der Waals surface area contributed by atoms with Gasteiger partial charge in [0.1, 0.15) is 17.7 Å². The van der Waals surface area contributed by atoms with Crippen molar-refractivity contribution >= 4 is 17.6 Å². The van der Waals surface area contributed by atoms with Crippen LogP contribution in [0.4, 0.5) is 10.1 Å². The zero-order valence-corrected chi connectivity index (χ0v) is 13.9. The predicted molar refractivity (Wildman–Crippen MR) is 90.0 cm³/mol. The molecule has 1 aliphatic rings. The van der Waals surface area contributed by atoms with E-state index in [9.17, 15) is 14.0 Å². The molecule has 0 radical (unpaired) electrons. The number of esters is 1. The molecular weight excluding hydrogens is 325 g/mol. The Morgan fingerprint density at radius 3 is 2.80 bits per heavy atom. The second-order valence-electron chi connectivity index (χ2n) is 6.04. The molecule has 5 nitrogen and oxygen atoms in total. The van der Waals surface area contributed by atoms with Gasteiger partial charge in [0.2, 0.25) is 5.91 Å². The van der Waals surface area contributed by atoms with Gasteiger partial charge in [-0.05, 0) is 32.0 Å². The molecule has 0 spiro atoms. The van der Waals surface area contributed by atoms with E-state index in [-0.39, 0.29) is 18.2 Å². The fraction of sp³-hybridized carbons (Fsp3) is 0.263. The minimum absolute atomic E-state index is 0.0552. The maximum Gasteiger partial charge on any atom is 0.339 e. The average Bonchev–Trinajstić information content (AvgIpc) is 2.86. The van der Waals surface area contributed by atoms with Gasteiger partial charge < -0.3 is 14.8 Å². The Bertz CT molecular complexity index is 819. The first kappa shape index (κ1) is 17.0. The van der Waals surface area contributed by atoms with E-state index in [1.165, 1.54) is 18.2 Å². The highest BCUT2D eigenvalue weighted by Gasteiger charge is 2.32. The molecule has 1 amide bonds. The second kappa shape index (κ2) is 6.93. The Kier molecular flexibility index (Phi) is 4.70. The number of carbonyl (C=O) groups excluding carboxylic acids is 2. The van der Waals surface area contributed by atoms with E-state index in [2.05, 4.69) is 5.32 Å². The molecule has 1 atom stereocenters. The van der Waals surface area contributed by atoms with Crippen molar-refractivity contribution in [1.29, 1.82) is 0 Å². The van der Waals surface area contributed by atoms with Crippen molar-refractivity contribution in [2.75, 3.05) is 5.32 Å². The number of rotatable bonds is 5. The first-order valence-corrected chi connectivity index (χ1v) is 8.00. The molecule has 1 unspecified atom stereocenters. The Hall–Kier alpha value is -2.89. The molecule has 0 fully saturated rings. The van der Waals surface area contributed by atoms with Gasteiger partial charge in [0.25, 0.3) is 0 Å². The van der Waals surface area contributed by atoms with Crippen LogP contribution in [0.1, 0.15) is 42.3 Å². The SMILES string of the molecule is CC(C)Oc1ccc(F)cc1NC(=O)CC1OC(=O)c2ccccc21. The number of halogens is 1. The summed E-state index contributed by atoms with van der Waals surface area (Å²) in [5.41, 5.74) is 1.40. The van der Waals surface area contributed by atoms with Gasteiger partial charge in [-0.1, -0.05) is 18.2 Å². The maximum atomic E-state index is 13.5. The number of cyclic esters (lactones) is 1. The van der Waals surface area contributed by atoms with E-state index in [0.717, 1.165) is 0 Å². The van der Waals surface area contributed by atoms with Gasteiger partial charge in [-0.15, -0.1) is 0 Å². The maximum absolute atomic E-state index is 13.5. The van der Waals surface area contributed by atoms with E-state index in [1.807, 2.05) is 13.8 Å². The van der Waals surface area contributed by atoms with Gasteiger partial charge in [-0.25, -0.2) is 9.18 Å². The number of ether oxygens (including phenoxy) is 2. The van der Waals surface area contributed by atoms with Crippen LogP contribution in [-0.2, 0) is 9.53 Å². The van der Waals surface area contributed by atoms with Crippen LogP contribution in [0.5, 0.6) is 5.75 Å². The number of fused-ring (bicyclic) bond motifs is 1. The van der Waals surface area contributed by atoms with E-state index in [0.29, 0.717) is 16.9 Å². The Balaban J connectivity index is 1.74. The Labute approximate surface area is 144 Å². The van der Waals surface area contributed by atoms with Crippen molar-refractivity contribution in [3.63, 3.8) is 0 Å². The van der Waals surface area contributed by atoms with Crippen LogP contribution in [0.3, 0.4) is 0 Å². The third-order valence-electron chi connectivity index (χ3n) is 3.73. The molecule has 2 aromatic rings. The van der Waals surface area contributed by atoms with Gasteiger partial charge in [0.05, 0.1) is 23.8 Å². The fourth-order valence-corrected chi connectivity index (χ4v) is 2.70. The molecule has 2 aromatic carbocycles. The predicted octanol–water partition coefficient (Wildman–Crippen LogP) is 3.85. The molecule has 0 aromatic heterocycles. The van der Waals surface area contributed by atoms with Crippen LogP contribution >= 0.6 is 0 Å². The molecule has 1 N–H and O–H groups in total. The normalized spacial score (nSPS) is 15.7. The smallest absolute Gasteiger partial charge is 0.339 e. The van der Waals surface area contributed by atoms with Crippen LogP contribution < -0.4 is 10.1 Å². The van der Waals surface area contributed by atoms with Crippen molar-refractivity contribution in [3.8, 4) is 5.75 Å². The van der Waals surface area contributed by atoms with Crippen molar-refractivity contribution in [2.24, 2.45) is 0 Å². The summed E-state index contributed by atoms with van der Waals surface area (Å²) in [6.45, 7) is 3.67. The van der Waals surface area contributed by atoms with Gasteiger partial charge in [0.15, 0.2) is 0 Å². The summed E-state index contributed by atoms with van der Waals surface area (Å²) in [6.07, 6.45) is -0.823. The molecule has 130 valence electrons. The number of hydrogen-bond donors (Lipinski definition) is 1. The number of benzene rings is 2. The summed E-state index contributed by atoms with van der Waals surface area (Å²) in [5, 5.41) is 2.63. The number of nitrogens with one attached hydrogen (secondary N) is 1. The van der Waals surface area contributed by atoms with Crippen molar-refractivity contribution in [3.05, 3.63) is 59.4 Å². The quantitative estimate of drug-likeness (QED) is 0.838. The van der Waals surface area contributed by atoms with Crippen LogP contribution in [0, 0.1) is 5.82 Å². The van der Waals surface area contributed by atoms with Crippen LogP contribution in [0.25, 0.3) is 0 Å². The lowest BCUT2D eigenvalue weighted by atomic mass is 10.0. The van der Waals surface area contributed by atoms with Gasteiger partial charge in [-0.2, -0.15) is 0 Å². The summed E-state index contributed by atoms with van der Waals surface area (Å²) in [5.74, 6) is -0.936. The fourth-order valence-electron chi connectivity index (χ4n) is 2.70. The lowest BCUT2D eigenvalue weighted by Crippen LogP contribution is -2.17. The van der Waals surface area contributed by atoms with Crippen LogP contribution in [-0.4, -0.2) is 18.0 Å². The summed E-state index contributed by atoms with van der Waals surface area (Å²) in [6, 6.07) is 10.9. The molecule has 25 heavy (non-hydrogen) atoms. The number of anilines is 1. The molecule has 1 aliphatic heterocycles. The first-order valence-electron chi connectivity index (χ1n) is 8.00. The molecular formula is C19H18FNO4. The summed E-state index contributed by atoms with van der Waals surface area (Å²) in [4.78, 5) is 24.2. The van der Waals surface area contributed by atoms with E-state index in [4.69, 9.17) is 9.47 Å². The van der Waals surface area contributed by atoms with Crippen molar-refractivity contribution < 1.29 is 23.5 Å². The van der Waals surface area contributed by atoms with Crippen molar-refractivity contribution in [1.82, 2.24) is 0 Å². The average molecular weight is 343 g/mol. The molecule has 3 rings (SSSR count). The number of carbonyl (C=O) groups is 2. The largest absolute Gasteiger partial charge is 0.489 e. The zero-order valence-electron chi connectivity index (χ0n) is 13.9. The third-order valence-corrected chi connectivity index (χ3v) is 3.73.